The van der Waals surface area contributed by atoms with Gasteiger partial charge in [0.25, 0.3) is 0 Å². The highest BCUT2D eigenvalue weighted by molar-refractivity contribution is 5.80. The predicted octanol–water partition coefficient (Wildman–Crippen LogP) is 1.47. The van der Waals surface area contributed by atoms with E-state index >= 15 is 0 Å². The average molecular weight is 429 g/mol. The van der Waals surface area contributed by atoms with Crippen LogP contribution in [0.1, 0.15) is 31.7 Å². The lowest BCUT2D eigenvalue weighted by molar-refractivity contribution is -0.136. The number of hydrogen-bond donors (Lipinski definition) is 0. The molecular formula is C24H36N4O3. The largest absolute Gasteiger partial charge is 0.494 e. The number of carbonyl (C=O) groups is 2. The second kappa shape index (κ2) is 10.5. The number of hydrogen-bond acceptors (Lipinski definition) is 5. The quantitative estimate of drug-likeness (QED) is 0.658. The smallest absolute Gasteiger partial charge is 0.236 e. The lowest BCUT2D eigenvalue weighted by atomic mass is 9.91. The molecule has 170 valence electrons. The Kier molecular flexibility index (Phi) is 7.45. The van der Waals surface area contributed by atoms with E-state index in [9.17, 15) is 9.59 Å². The van der Waals surface area contributed by atoms with Gasteiger partial charge in [0.15, 0.2) is 0 Å². The molecule has 4 rings (SSSR count). The Morgan fingerprint density at radius 1 is 0.903 bits per heavy atom. The molecule has 1 aliphatic carbocycles. The molecule has 0 unspecified atom stereocenters. The normalized spacial score (nSPS) is 21.1. The highest BCUT2D eigenvalue weighted by Crippen LogP contribution is 2.25. The van der Waals surface area contributed by atoms with E-state index in [1.807, 2.05) is 41.0 Å². The zero-order chi connectivity index (χ0) is 21.6. The molecule has 0 aromatic heterocycles. The van der Waals surface area contributed by atoms with Crippen LogP contribution < -0.4 is 4.74 Å². The Bertz CT molecular complexity index is 751. The number of rotatable bonds is 7. The Hall–Kier alpha value is -2.12. The summed E-state index contributed by atoms with van der Waals surface area (Å²) in [4.78, 5) is 34.2. The van der Waals surface area contributed by atoms with Crippen LogP contribution in [0.4, 0.5) is 0 Å². The molecule has 0 radical (unpaired) electrons. The molecule has 2 aliphatic heterocycles. The molecule has 7 heteroatoms. The van der Waals surface area contributed by atoms with Gasteiger partial charge in [-0.15, -0.1) is 0 Å². The summed E-state index contributed by atoms with van der Waals surface area (Å²) >= 11 is 0. The van der Waals surface area contributed by atoms with Crippen LogP contribution in [0, 0.1) is 0 Å². The van der Waals surface area contributed by atoms with Crippen molar-refractivity contribution >= 4 is 11.8 Å². The summed E-state index contributed by atoms with van der Waals surface area (Å²) < 4.78 is 5.65. The number of nitrogens with zero attached hydrogens (tertiary/aromatic N) is 4. The first-order valence-corrected chi connectivity index (χ1v) is 11.9. The van der Waals surface area contributed by atoms with E-state index in [0.29, 0.717) is 32.7 Å². The van der Waals surface area contributed by atoms with Gasteiger partial charge < -0.3 is 14.5 Å². The molecule has 0 bridgehead atoms. The summed E-state index contributed by atoms with van der Waals surface area (Å²) in [5, 5.41) is 0. The maximum absolute atomic E-state index is 12.8. The zero-order valence-electron chi connectivity index (χ0n) is 18.8. The first-order valence-electron chi connectivity index (χ1n) is 11.9. The molecule has 1 saturated carbocycles. The summed E-state index contributed by atoms with van der Waals surface area (Å²) in [6, 6.07) is 8.52. The van der Waals surface area contributed by atoms with E-state index in [4.69, 9.17) is 4.74 Å². The molecule has 0 atom stereocenters. The van der Waals surface area contributed by atoms with Crippen molar-refractivity contribution in [2.24, 2.45) is 0 Å². The summed E-state index contributed by atoms with van der Waals surface area (Å²) in [5.74, 6) is 1.16. The van der Waals surface area contributed by atoms with Gasteiger partial charge in [-0.05, 0) is 25.8 Å². The van der Waals surface area contributed by atoms with Gasteiger partial charge in [-0.3, -0.25) is 19.4 Å². The van der Waals surface area contributed by atoms with Gasteiger partial charge in [-0.1, -0.05) is 24.6 Å². The highest BCUT2D eigenvalue weighted by Gasteiger charge is 2.30. The van der Waals surface area contributed by atoms with Crippen LogP contribution in [0.3, 0.4) is 0 Å². The fraction of sp³-hybridized carbons (Fsp3) is 0.667. The average Bonchev–Trinajstić information content (AvgIpc) is 2.75. The van der Waals surface area contributed by atoms with E-state index < -0.39 is 0 Å². The first kappa shape index (κ1) is 22.1. The Balaban J connectivity index is 1.19. The van der Waals surface area contributed by atoms with Crippen LogP contribution >= 0.6 is 0 Å². The number of benzene rings is 1. The van der Waals surface area contributed by atoms with E-state index in [2.05, 4.69) is 9.80 Å². The maximum Gasteiger partial charge on any atom is 0.236 e. The SMILES string of the molecule is CCOc1ccccc1CC(=O)N1CCN(CC(=O)N2CCN(C3CCC3)CC2)CC1. The van der Waals surface area contributed by atoms with Gasteiger partial charge in [-0.25, -0.2) is 0 Å². The molecule has 2 heterocycles. The highest BCUT2D eigenvalue weighted by atomic mass is 16.5. The van der Waals surface area contributed by atoms with Crippen LogP contribution in [-0.2, 0) is 16.0 Å². The lowest BCUT2D eigenvalue weighted by Crippen LogP contribution is -2.56. The zero-order valence-corrected chi connectivity index (χ0v) is 18.8. The minimum absolute atomic E-state index is 0.130. The molecule has 0 spiro atoms. The second-order valence-electron chi connectivity index (χ2n) is 8.88. The Morgan fingerprint density at radius 3 is 2.19 bits per heavy atom. The minimum Gasteiger partial charge on any atom is -0.494 e. The standard InChI is InChI=1S/C24H36N4O3/c1-2-31-22-9-4-3-6-20(22)18-23(29)27-12-10-25(11-13-27)19-24(30)28-16-14-26(15-17-28)21-7-5-8-21/h3-4,6,9,21H,2,5,7-8,10-19H2,1H3. The van der Waals surface area contributed by atoms with Crippen LogP contribution in [0.5, 0.6) is 5.75 Å². The molecule has 1 aromatic rings. The van der Waals surface area contributed by atoms with Gasteiger partial charge >= 0.3 is 0 Å². The van der Waals surface area contributed by atoms with Crippen LogP contribution in [0.25, 0.3) is 0 Å². The fourth-order valence-electron chi connectivity index (χ4n) is 4.76. The molecule has 2 amide bonds. The number of amides is 2. The molecule has 3 fully saturated rings. The monoisotopic (exact) mass is 428 g/mol. The van der Waals surface area contributed by atoms with Crippen molar-refractivity contribution in [3.05, 3.63) is 29.8 Å². The van der Waals surface area contributed by atoms with Gasteiger partial charge in [0.05, 0.1) is 19.6 Å². The van der Waals surface area contributed by atoms with Gasteiger partial charge in [0.2, 0.25) is 11.8 Å². The van der Waals surface area contributed by atoms with Crippen molar-refractivity contribution < 1.29 is 14.3 Å². The van der Waals surface area contributed by atoms with Gasteiger partial charge in [-0.2, -0.15) is 0 Å². The fourth-order valence-corrected chi connectivity index (χ4v) is 4.76. The number of ether oxygens (including phenoxy) is 1. The predicted molar refractivity (Wildman–Crippen MR) is 120 cm³/mol. The third kappa shape index (κ3) is 5.57. The summed E-state index contributed by atoms with van der Waals surface area (Å²) in [6.07, 6.45) is 4.38. The molecule has 0 N–H and O–H groups in total. The summed E-state index contributed by atoms with van der Waals surface area (Å²) in [5.41, 5.74) is 0.938. The Morgan fingerprint density at radius 2 is 1.55 bits per heavy atom. The van der Waals surface area contributed by atoms with Crippen LogP contribution in [0.15, 0.2) is 24.3 Å². The van der Waals surface area contributed by atoms with Crippen molar-refractivity contribution in [2.45, 2.75) is 38.6 Å². The van der Waals surface area contributed by atoms with E-state index in [0.717, 1.165) is 56.6 Å². The number of piperazine rings is 2. The van der Waals surface area contributed by atoms with Gasteiger partial charge in [0.1, 0.15) is 5.75 Å². The first-order chi connectivity index (χ1) is 15.1. The lowest BCUT2D eigenvalue weighted by Gasteiger charge is -2.43. The second-order valence-corrected chi connectivity index (χ2v) is 8.88. The van der Waals surface area contributed by atoms with Crippen molar-refractivity contribution in [3.63, 3.8) is 0 Å². The van der Waals surface area contributed by atoms with Crippen molar-refractivity contribution in [1.29, 1.82) is 0 Å². The minimum atomic E-state index is 0.130. The molecule has 1 aromatic carbocycles. The summed E-state index contributed by atoms with van der Waals surface area (Å²) in [6.45, 7) is 9.62. The van der Waals surface area contributed by atoms with Crippen molar-refractivity contribution in [1.82, 2.24) is 19.6 Å². The summed E-state index contributed by atoms with van der Waals surface area (Å²) in [7, 11) is 0. The number of para-hydroxylation sites is 1. The van der Waals surface area contributed by atoms with E-state index in [1.165, 1.54) is 19.3 Å². The molecule has 3 aliphatic rings. The van der Waals surface area contributed by atoms with Crippen LogP contribution in [0.2, 0.25) is 0 Å². The molecule has 7 nitrogen and oxygen atoms in total. The van der Waals surface area contributed by atoms with E-state index in [-0.39, 0.29) is 11.8 Å². The third-order valence-corrected chi connectivity index (χ3v) is 6.96. The van der Waals surface area contributed by atoms with Crippen LogP contribution in [-0.4, -0.2) is 103 Å². The maximum atomic E-state index is 12.8. The van der Waals surface area contributed by atoms with Crippen molar-refractivity contribution in [2.75, 3.05) is 65.5 Å². The topological polar surface area (TPSA) is 56.3 Å². The molecule has 2 saturated heterocycles. The van der Waals surface area contributed by atoms with Crippen molar-refractivity contribution in [3.8, 4) is 5.75 Å². The third-order valence-electron chi connectivity index (χ3n) is 6.96. The van der Waals surface area contributed by atoms with E-state index in [1.54, 1.807) is 0 Å². The Labute approximate surface area is 185 Å². The molecule has 31 heavy (non-hydrogen) atoms. The van der Waals surface area contributed by atoms with Gasteiger partial charge in [0, 0.05) is 64.0 Å². The molecular weight excluding hydrogens is 392 g/mol. The number of carbonyl (C=O) groups excluding carboxylic acids is 2.